The Morgan fingerprint density at radius 2 is 2.45 bits per heavy atom. The first kappa shape index (κ1) is 9.61. The van der Waals surface area contributed by atoms with Crippen molar-refractivity contribution in [3.8, 4) is 0 Å². The van der Waals surface area contributed by atoms with Gasteiger partial charge in [0.05, 0.1) is 0 Å². The highest BCUT2D eigenvalue weighted by atomic mass is 16.6. The van der Waals surface area contributed by atoms with Crippen molar-refractivity contribution in [1.82, 2.24) is 0 Å². The molecule has 62 valence electrons. The van der Waals surface area contributed by atoms with Crippen LogP contribution in [-0.4, -0.2) is 23.5 Å². The first-order valence-corrected chi connectivity index (χ1v) is 2.97. The molecule has 0 radical (unpaired) electrons. The zero-order valence-electron chi connectivity index (χ0n) is 6.15. The van der Waals surface area contributed by atoms with Gasteiger partial charge < -0.3 is 4.74 Å². The predicted molar refractivity (Wildman–Crippen MR) is 37.6 cm³/mol. The van der Waals surface area contributed by atoms with Gasteiger partial charge in [-0.25, -0.2) is 0 Å². The van der Waals surface area contributed by atoms with E-state index in [1.165, 1.54) is 6.92 Å². The highest BCUT2D eigenvalue weighted by molar-refractivity contribution is 5.65. The van der Waals surface area contributed by atoms with E-state index in [1.807, 2.05) is 0 Å². The van der Waals surface area contributed by atoms with Crippen LogP contribution in [0.2, 0.25) is 0 Å². The number of rotatable bonds is 4. The van der Waals surface area contributed by atoms with Crippen molar-refractivity contribution >= 4 is 5.97 Å². The zero-order chi connectivity index (χ0) is 8.85. The molecular formula is C6H9NO4. The van der Waals surface area contributed by atoms with E-state index in [-0.39, 0.29) is 6.61 Å². The number of ether oxygens (including phenoxy) is 1. The highest BCUT2D eigenvalue weighted by Gasteiger charge is 2.16. The first-order valence-electron chi connectivity index (χ1n) is 2.97. The molecule has 1 atom stereocenters. The number of carbonyl (C=O) groups is 1. The second-order valence-electron chi connectivity index (χ2n) is 1.89. The lowest BCUT2D eigenvalue weighted by molar-refractivity contribution is -0.512. The second-order valence-corrected chi connectivity index (χ2v) is 1.89. The molecule has 0 saturated heterocycles. The molecule has 0 aromatic carbocycles. The van der Waals surface area contributed by atoms with Crippen molar-refractivity contribution in [1.29, 1.82) is 0 Å². The van der Waals surface area contributed by atoms with Crippen LogP contribution in [0.25, 0.3) is 0 Å². The number of hydrogen-bond acceptors (Lipinski definition) is 4. The molecule has 0 heterocycles. The average molecular weight is 159 g/mol. The topological polar surface area (TPSA) is 69.4 Å². The average Bonchev–Trinajstić information content (AvgIpc) is 1.87. The van der Waals surface area contributed by atoms with E-state index < -0.39 is 16.9 Å². The summed E-state index contributed by atoms with van der Waals surface area (Å²) >= 11 is 0. The SMILES string of the molecule is C=CC(COC(C)=O)[N+](=O)[O-]. The molecule has 0 bridgehead atoms. The van der Waals surface area contributed by atoms with Gasteiger partial charge in [-0.1, -0.05) is 6.58 Å². The molecule has 0 aromatic rings. The number of nitro groups is 1. The van der Waals surface area contributed by atoms with E-state index in [9.17, 15) is 14.9 Å². The van der Waals surface area contributed by atoms with Gasteiger partial charge in [-0.3, -0.25) is 14.9 Å². The summed E-state index contributed by atoms with van der Waals surface area (Å²) < 4.78 is 4.40. The summed E-state index contributed by atoms with van der Waals surface area (Å²) in [6.07, 6.45) is 1.13. The molecule has 0 aliphatic rings. The third kappa shape index (κ3) is 4.07. The summed E-state index contributed by atoms with van der Waals surface area (Å²) in [7, 11) is 0. The molecule has 0 amide bonds. The number of nitrogens with zero attached hydrogens (tertiary/aromatic N) is 1. The molecule has 0 spiro atoms. The largest absolute Gasteiger partial charge is 0.458 e. The van der Waals surface area contributed by atoms with Gasteiger partial charge >= 0.3 is 5.97 Å². The van der Waals surface area contributed by atoms with E-state index >= 15 is 0 Å². The van der Waals surface area contributed by atoms with Crippen molar-refractivity contribution < 1.29 is 14.5 Å². The Balaban J connectivity index is 3.79. The zero-order valence-corrected chi connectivity index (χ0v) is 6.15. The van der Waals surface area contributed by atoms with Gasteiger partial charge in [0.15, 0.2) is 6.61 Å². The molecule has 0 fully saturated rings. The Hall–Kier alpha value is -1.39. The van der Waals surface area contributed by atoms with Gasteiger partial charge in [0, 0.05) is 11.8 Å². The van der Waals surface area contributed by atoms with Crippen LogP contribution < -0.4 is 0 Å². The van der Waals surface area contributed by atoms with Crippen LogP contribution in [0.4, 0.5) is 0 Å². The second kappa shape index (κ2) is 4.43. The van der Waals surface area contributed by atoms with E-state index in [4.69, 9.17) is 0 Å². The third-order valence-electron chi connectivity index (χ3n) is 1.00. The summed E-state index contributed by atoms with van der Waals surface area (Å²) in [4.78, 5) is 19.7. The normalized spacial score (nSPS) is 11.7. The Kier molecular flexibility index (Phi) is 3.87. The van der Waals surface area contributed by atoms with Crippen LogP contribution in [0.5, 0.6) is 0 Å². The van der Waals surface area contributed by atoms with Crippen LogP contribution in [0.3, 0.4) is 0 Å². The fourth-order valence-electron chi connectivity index (χ4n) is 0.418. The molecule has 0 N–H and O–H groups in total. The van der Waals surface area contributed by atoms with Gasteiger partial charge in [0.2, 0.25) is 0 Å². The van der Waals surface area contributed by atoms with Crippen LogP contribution in [0.15, 0.2) is 12.7 Å². The molecule has 5 heteroatoms. The fraction of sp³-hybridized carbons (Fsp3) is 0.500. The minimum atomic E-state index is -1.00. The quantitative estimate of drug-likeness (QED) is 0.257. The first-order chi connectivity index (χ1) is 5.07. The van der Waals surface area contributed by atoms with Crippen molar-refractivity contribution in [2.24, 2.45) is 0 Å². The van der Waals surface area contributed by atoms with Crippen molar-refractivity contribution in [2.45, 2.75) is 13.0 Å². The number of carbonyl (C=O) groups excluding carboxylic acids is 1. The Morgan fingerprint density at radius 3 is 2.73 bits per heavy atom. The van der Waals surface area contributed by atoms with E-state index in [0.717, 1.165) is 6.08 Å². The summed E-state index contributed by atoms with van der Waals surface area (Å²) in [6.45, 7) is 4.18. The van der Waals surface area contributed by atoms with Crippen LogP contribution >= 0.6 is 0 Å². The number of esters is 1. The summed E-state index contributed by atoms with van der Waals surface area (Å²) in [5, 5.41) is 10.1. The Labute approximate surface area is 63.8 Å². The lowest BCUT2D eigenvalue weighted by Crippen LogP contribution is -2.23. The fourth-order valence-corrected chi connectivity index (χ4v) is 0.418. The van der Waals surface area contributed by atoms with Gasteiger partial charge in [-0.2, -0.15) is 0 Å². The molecule has 0 aliphatic heterocycles. The highest BCUT2D eigenvalue weighted by Crippen LogP contribution is 1.92. The van der Waals surface area contributed by atoms with Crippen LogP contribution in [0, 0.1) is 10.1 Å². The molecule has 1 unspecified atom stereocenters. The minimum Gasteiger partial charge on any atom is -0.458 e. The maximum Gasteiger partial charge on any atom is 0.302 e. The Bertz CT molecular complexity index is 177. The van der Waals surface area contributed by atoms with Crippen molar-refractivity contribution in [3.63, 3.8) is 0 Å². The standard InChI is InChI=1S/C6H9NO4/c1-3-6(7(9)10)4-11-5(2)8/h3,6H,1,4H2,2H3. The predicted octanol–water partition coefficient (Wildman–Crippen LogP) is 0.381. The monoisotopic (exact) mass is 159 g/mol. The van der Waals surface area contributed by atoms with Gasteiger partial charge in [-0.15, -0.1) is 0 Å². The summed E-state index contributed by atoms with van der Waals surface area (Å²) in [5.74, 6) is -0.529. The smallest absolute Gasteiger partial charge is 0.302 e. The molecular weight excluding hydrogens is 150 g/mol. The molecule has 5 nitrogen and oxygen atoms in total. The van der Waals surface area contributed by atoms with Gasteiger partial charge in [-0.05, 0) is 6.08 Å². The maximum atomic E-state index is 10.2. The minimum absolute atomic E-state index is 0.244. The molecule has 0 saturated carbocycles. The Morgan fingerprint density at radius 1 is 1.91 bits per heavy atom. The van der Waals surface area contributed by atoms with Gasteiger partial charge in [0.1, 0.15) is 0 Å². The lowest BCUT2D eigenvalue weighted by Gasteiger charge is -2.03. The molecule has 0 aliphatic carbocycles. The molecule has 0 rings (SSSR count). The van der Waals surface area contributed by atoms with Crippen LogP contribution in [-0.2, 0) is 9.53 Å². The van der Waals surface area contributed by atoms with Gasteiger partial charge in [0.25, 0.3) is 6.04 Å². The van der Waals surface area contributed by atoms with E-state index in [1.54, 1.807) is 0 Å². The maximum absolute atomic E-state index is 10.2. The van der Waals surface area contributed by atoms with E-state index in [0.29, 0.717) is 0 Å². The van der Waals surface area contributed by atoms with Crippen molar-refractivity contribution in [3.05, 3.63) is 22.8 Å². The van der Waals surface area contributed by atoms with Crippen LogP contribution in [0.1, 0.15) is 6.92 Å². The lowest BCUT2D eigenvalue weighted by atomic mass is 10.3. The summed E-state index contributed by atoms with van der Waals surface area (Å²) in [6, 6.07) is -1.00. The molecule has 0 aromatic heterocycles. The van der Waals surface area contributed by atoms with E-state index in [2.05, 4.69) is 11.3 Å². The summed E-state index contributed by atoms with van der Waals surface area (Å²) in [5.41, 5.74) is 0. The third-order valence-corrected chi connectivity index (χ3v) is 1.00. The number of hydrogen-bond donors (Lipinski definition) is 0. The van der Waals surface area contributed by atoms with Crippen molar-refractivity contribution in [2.75, 3.05) is 6.61 Å². The molecule has 11 heavy (non-hydrogen) atoms.